The number of anilines is 2. The van der Waals surface area contributed by atoms with Crippen molar-refractivity contribution in [2.75, 3.05) is 29.9 Å². The number of ether oxygens (including phenoxy) is 1. The number of hydrogen-bond acceptors (Lipinski definition) is 4. The van der Waals surface area contributed by atoms with Crippen LogP contribution in [-0.2, 0) is 11.2 Å². The number of hydrogen-bond donors (Lipinski definition) is 1. The molecule has 2 heterocycles. The molecule has 0 spiro atoms. The molecule has 0 radical (unpaired) electrons. The lowest BCUT2D eigenvalue weighted by molar-refractivity contribution is -0.118. The van der Waals surface area contributed by atoms with Gasteiger partial charge in [-0.1, -0.05) is 19.1 Å². The van der Waals surface area contributed by atoms with Crippen molar-refractivity contribution in [3.8, 4) is 5.75 Å². The number of nitrogens with zero attached hydrogens (tertiary/aromatic N) is 2. The van der Waals surface area contributed by atoms with Crippen LogP contribution in [0.15, 0.2) is 42.6 Å². The number of nitrogens with one attached hydrogen (secondary N) is 1. The highest BCUT2D eigenvalue weighted by Crippen LogP contribution is 2.19. The molecule has 1 aliphatic heterocycles. The smallest absolute Gasteiger partial charge is 0.262 e. The van der Waals surface area contributed by atoms with E-state index in [1.807, 2.05) is 36.4 Å². The van der Waals surface area contributed by atoms with E-state index in [0.717, 1.165) is 25.3 Å². The van der Waals surface area contributed by atoms with E-state index in [1.54, 1.807) is 6.20 Å². The molecule has 1 fully saturated rings. The van der Waals surface area contributed by atoms with Gasteiger partial charge in [-0.05, 0) is 49.1 Å². The molecule has 1 saturated heterocycles. The van der Waals surface area contributed by atoms with Gasteiger partial charge in [-0.3, -0.25) is 4.79 Å². The molecular weight excluding hydrogens is 302 g/mol. The number of pyridine rings is 1. The quantitative estimate of drug-likeness (QED) is 0.886. The molecule has 5 heteroatoms. The fourth-order valence-electron chi connectivity index (χ4n) is 2.79. The zero-order chi connectivity index (χ0) is 16.8. The maximum absolute atomic E-state index is 12.0. The lowest BCUT2D eigenvalue weighted by atomic mass is 10.2. The molecule has 126 valence electrons. The van der Waals surface area contributed by atoms with Crippen molar-refractivity contribution in [2.45, 2.75) is 26.2 Å². The van der Waals surface area contributed by atoms with Crippen molar-refractivity contribution in [1.82, 2.24) is 4.98 Å². The van der Waals surface area contributed by atoms with Crippen LogP contribution in [-0.4, -0.2) is 30.6 Å². The van der Waals surface area contributed by atoms with Crippen LogP contribution in [0.4, 0.5) is 11.5 Å². The minimum absolute atomic E-state index is 0.0129. The lowest BCUT2D eigenvalue weighted by Gasteiger charge is -2.16. The summed E-state index contributed by atoms with van der Waals surface area (Å²) >= 11 is 0. The minimum atomic E-state index is -0.187. The number of amides is 1. The van der Waals surface area contributed by atoms with Gasteiger partial charge in [0.2, 0.25) is 0 Å². The average Bonchev–Trinajstić information content (AvgIpc) is 3.15. The topological polar surface area (TPSA) is 54.5 Å². The standard InChI is InChI=1S/C19H23N3O2/c1-2-15-6-5-7-17(12-15)24-14-19(23)21-16-8-9-18(20-13-16)22-10-3-4-11-22/h5-9,12-13H,2-4,10-11,14H2,1H3,(H,21,23). The molecule has 0 bridgehead atoms. The maximum Gasteiger partial charge on any atom is 0.262 e. The highest BCUT2D eigenvalue weighted by Gasteiger charge is 2.13. The molecular formula is C19H23N3O2. The molecule has 0 atom stereocenters. The van der Waals surface area contributed by atoms with Crippen molar-refractivity contribution in [3.05, 3.63) is 48.2 Å². The molecule has 0 saturated carbocycles. The second kappa shape index (κ2) is 7.81. The zero-order valence-corrected chi connectivity index (χ0v) is 14.0. The Balaban J connectivity index is 1.50. The molecule has 5 nitrogen and oxygen atoms in total. The molecule has 2 aromatic rings. The first-order valence-electron chi connectivity index (χ1n) is 8.47. The monoisotopic (exact) mass is 325 g/mol. The Morgan fingerprint density at radius 2 is 2.08 bits per heavy atom. The van der Waals surface area contributed by atoms with Gasteiger partial charge < -0.3 is 15.0 Å². The van der Waals surface area contributed by atoms with E-state index in [4.69, 9.17) is 4.74 Å². The van der Waals surface area contributed by atoms with Gasteiger partial charge in [0.15, 0.2) is 6.61 Å². The van der Waals surface area contributed by atoms with Crippen molar-refractivity contribution in [1.29, 1.82) is 0 Å². The van der Waals surface area contributed by atoms with E-state index in [1.165, 1.54) is 18.4 Å². The van der Waals surface area contributed by atoms with E-state index in [0.29, 0.717) is 11.4 Å². The summed E-state index contributed by atoms with van der Waals surface area (Å²) < 4.78 is 5.55. The highest BCUT2D eigenvalue weighted by molar-refractivity contribution is 5.91. The Morgan fingerprint density at radius 1 is 1.25 bits per heavy atom. The van der Waals surface area contributed by atoms with Gasteiger partial charge in [-0.2, -0.15) is 0 Å². The van der Waals surface area contributed by atoms with Crippen LogP contribution in [0.3, 0.4) is 0 Å². The van der Waals surface area contributed by atoms with Gasteiger partial charge in [-0.15, -0.1) is 0 Å². The predicted molar refractivity (Wildman–Crippen MR) is 95.6 cm³/mol. The molecule has 24 heavy (non-hydrogen) atoms. The van der Waals surface area contributed by atoms with Crippen molar-refractivity contribution in [2.24, 2.45) is 0 Å². The number of carbonyl (C=O) groups excluding carboxylic acids is 1. The number of benzene rings is 1. The SMILES string of the molecule is CCc1cccc(OCC(=O)Nc2ccc(N3CCCC3)nc2)c1. The summed E-state index contributed by atoms with van der Waals surface area (Å²) in [7, 11) is 0. The Labute approximate surface area is 142 Å². The molecule has 0 unspecified atom stereocenters. The van der Waals surface area contributed by atoms with Crippen LogP contribution in [0.2, 0.25) is 0 Å². The highest BCUT2D eigenvalue weighted by atomic mass is 16.5. The molecule has 3 rings (SSSR count). The van der Waals surface area contributed by atoms with Gasteiger partial charge in [0.25, 0.3) is 5.91 Å². The number of rotatable bonds is 6. The van der Waals surface area contributed by atoms with Crippen LogP contribution >= 0.6 is 0 Å². The molecule has 1 aromatic carbocycles. The van der Waals surface area contributed by atoms with Gasteiger partial charge in [0, 0.05) is 13.1 Å². The van der Waals surface area contributed by atoms with Crippen LogP contribution in [0.25, 0.3) is 0 Å². The molecule has 1 aliphatic rings. The molecule has 1 amide bonds. The van der Waals surface area contributed by atoms with Gasteiger partial charge in [-0.25, -0.2) is 4.98 Å². The van der Waals surface area contributed by atoms with E-state index < -0.39 is 0 Å². The van der Waals surface area contributed by atoms with E-state index in [9.17, 15) is 4.79 Å². The fourth-order valence-corrected chi connectivity index (χ4v) is 2.79. The van der Waals surface area contributed by atoms with Crippen LogP contribution in [0, 0.1) is 0 Å². The second-order valence-electron chi connectivity index (χ2n) is 5.94. The minimum Gasteiger partial charge on any atom is -0.484 e. The van der Waals surface area contributed by atoms with Crippen molar-refractivity contribution in [3.63, 3.8) is 0 Å². The number of carbonyl (C=O) groups is 1. The number of aryl methyl sites for hydroxylation is 1. The van der Waals surface area contributed by atoms with Gasteiger partial charge in [0.05, 0.1) is 11.9 Å². The summed E-state index contributed by atoms with van der Waals surface area (Å²) in [5.41, 5.74) is 1.88. The Bertz CT molecular complexity index is 679. The third-order valence-corrected chi connectivity index (χ3v) is 4.14. The lowest BCUT2D eigenvalue weighted by Crippen LogP contribution is -2.21. The van der Waals surface area contributed by atoms with Gasteiger partial charge >= 0.3 is 0 Å². The fraction of sp³-hybridized carbons (Fsp3) is 0.368. The summed E-state index contributed by atoms with van der Waals surface area (Å²) in [6.45, 7) is 4.19. The van der Waals surface area contributed by atoms with Crippen LogP contribution < -0.4 is 15.0 Å². The first kappa shape index (κ1) is 16.3. The zero-order valence-electron chi connectivity index (χ0n) is 14.0. The predicted octanol–water partition coefficient (Wildman–Crippen LogP) is 3.26. The first-order chi connectivity index (χ1) is 11.7. The van der Waals surface area contributed by atoms with Crippen molar-refractivity contribution < 1.29 is 9.53 Å². The largest absolute Gasteiger partial charge is 0.484 e. The summed E-state index contributed by atoms with van der Waals surface area (Å²) in [5, 5.41) is 2.81. The molecule has 1 N–H and O–H groups in total. The number of aromatic nitrogens is 1. The Morgan fingerprint density at radius 3 is 2.79 bits per heavy atom. The second-order valence-corrected chi connectivity index (χ2v) is 5.94. The third-order valence-electron chi connectivity index (χ3n) is 4.14. The van der Waals surface area contributed by atoms with E-state index in [2.05, 4.69) is 22.1 Å². The summed E-state index contributed by atoms with van der Waals surface area (Å²) in [4.78, 5) is 18.7. The first-order valence-corrected chi connectivity index (χ1v) is 8.47. The van der Waals surface area contributed by atoms with E-state index >= 15 is 0 Å². The molecule has 0 aliphatic carbocycles. The van der Waals surface area contributed by atoms with Gasteiger partial charge in [0.1, 0.15) is 11.6 Å². The van der Waals surface area contributed by atoms with Crippen LogP contribution in [0.5, 0.6) is 5.75 Å². The van der Waals surface area contributed by atoms with Crippen LogP contribution in [0.1, 0.15) is 25.3 Å². The summed E-state index contributed by atoms with van der Waals surface area (Å²) in [5.74, 6) is 1.50. The summed E-state index contributed by atoms with van der Waals surface area (Å²) in [6, 6.07) is 11.6. The third kappa shape index (κ3) is 4.25. The molecule has 1 aromatic heterocycles. The average molecular weight is 325 g/mol. The normalized spacial score (nSPS) is 13.8. The maximum atomic E-state index is 12.0. The van der Waals surface area contributed by atoms with E-state index in [-0.39, 0.29) is 12.5 Å². The summed E-state index contributed by atoms with van der Waals surface area (Å²) in [6.07, 6.45) is 5.08. The van der Waals surface area contributed by atoms with Crippen molar-refractivity contribution >= 4 is 17.4 Å². The Hall–Kier alpha value is -2.56. The Kier molecular flexibility index (Phi) is 5.31.